The maximum Gasteiger partial charge on any atom is 0.471 e. The first kappa shape index (κ1) is 17.8. The van der Waals surface area contributed by atoms with Crippen molar-refractivity contribution >= 4 is 28.5 Å². The second-order valence-corrected chi connectivity index (χ2v) is 6.86. The molecule has 10 heteroatoms. The monoisotopic (exact) mass is 382 g/mol. The van der Waals surface area contributed by atoms with Crippen LogP contribution >= 0.6 is 0 Å². The van der Waals surface area contributed by atoms with Crippen molar-refractivity contribution in [3.05, 3.63) is 24.2 Å². The van der Waals surface area contributed by atoms with Gasteiger partial charge in [-0.2, -0.15) is 13.2 Å². The molecule has 3 saturated heterocycles. The molecule has 2 N–H and O–H groups in total. The molecule has 3 aliphatic heterocycles. The fourth-order valence-electron chi connectivity index (χ4n) is 3.78. The van der Waals surface area contributed by atoms with Crippen molar-refractivity contribution in [3.8, 4) is 0 Å². The minimum atomic E-state index is -5.02. The Labute approximate surface area is 151 Å². The first-order valence-corrected chi connectivity index (χ1v) is 8.60. The van der Waals surface area contributed by atoms with Crippen LogP contribution in [-0.4, -0.2) is 53.6 Å². The Bertz CT molecular complexity index is 887. The van der Waals surface area contributed by atoms with E-state index in [0.717, 1.165) is 38.7 Å². The molecule has 144 valence electrons. The van der Waals surface area contributed by atoms with E-state index in [4.69, 9.17) is 4.42 Å². The Morgan fingerprint density at radius 3 is 2.63 bits per heavy atom. The predicted molar refractivity (Wildman–Crippen MR) is 89.1 cm³/mol. The normalized spacial score (nSPS) is 24.8. The van der Waals surface area contributed by atoms with Gasteiger partial charge >= 0.3 is 12.1 Å². The maximum absolute atomic E-state index is 12.7. The number of halogens is 3. The number of nitrogens with one attached hydrogen (secondary N) is 2. The van der Waals surface area contributed by atoms with Crippen molar-refractivity contribution in [1.29, 1.82) is 0 Å². The summed E-state index contributed by atoms with van der Waals surface area (Å²) < 4.78 is 42.6. The van der Waals surface area contributed by atoms with Crippen LogP contribution in [0.1, 0.15) is 23.3 Å². The molecular formula is C17H17F3N4O3. The number of anilines is 1. The average molecular weight is 382 g/mol. The number of pyridine rings is 1. The molecule has 0 aromatic carbocycles. The molecule has 5 rings (SSSR count). The Morgan fingerprint density at radius 1 is 1.26 bits per heavy atom. The van der Waals surface area contributed by atoms with E-state index in [1.54, 1.807) is 5.32 Å². The van der Waals surface area contributed by atoms with E-state index >= 15 is 0 Å². The van der Waals surface area contributed by atoms with Gasteiger partial charge in [-0.1, -0.05) is 0 Å². The van der Waals surface area contributed by atoms with Crippen LogP contribution in [0.5, 0.6) is 0 Å². The third-order valence-corrected chi connectivity index (χ3v) is 5.18. The molecular weight excluding hydrogens is 365 g/mol. The molecule has 0 radical (unpaired) electrons. The number of carbonyl (C=O) groups is 2. The summed E-state index contributed by atoms with van der Waals surface area (Å²) in [6, 6.07) is 1.40. The number of furan rings is 1. The SMILES string of the molecule is O=C(N[C@H]1CN2CCC1CC2)c1nccc2c(NC(=O)C(F)(F)F)coc12. The fourth-order valence-corrected chi connectivity index (χ4v) is 3.78. The minimum absolute atomic E-state index is 0.0106. The van der Waals surface area contributed by atoms with Crippen LogP contribution in [0.2, 0.25) is 0 Å². The Balaban J connectivity index is 1.56. The fraction of sp³-hybridized carbons (Fsp3) is 0.471. The summed E-state index contributed by atoms with van der Waals surface area (Å²) in [4.78, 5) is 30.1. The summed E-state index contributed by atoms with van der Waals surface area (Å²) in [6.45, 7) is 2.84. The number of aromatic nitrogens is 1. The van der Waals surface area contributed by atoms with Crippen molar-refractivity contribution in [1.82, 2.24) is 15.2 Å². The highest BCUT2D eigenvalue weighted by molar-refractivity contribution is 6.09. The van der Waals surface area contributed by atoms with Crippen LogP contribution in [0.15, 0.2) is 22.9 Å². The number of carbonyl (C=O) groups excluding carboxylic acids is 2. The Hall–Kier alpha value is -2.62. The summed E-state index contributed by atoms with van der Waals surface area (Å²) in [5, 5.41) is 4.90. The number of nitrogens with zero attached hydrogens (tertiary/aromatic N) is 2. The zero-order chi connectivity index (χ0) is 19.2. The first-order valence-electron chi connectivity index (χ1n) is 8.60. The summed E-state index contributed by atoms with van der Waals surface area (Å²) >= 11 is 0. The van der Waals surface area contributed by atoms with Crippen LogP contribution in [-0.2, 0) is 4.79 Å². The lowest BCUT2D eigenvalue weighted by molar-refractivity contribution is -0.167. The number of amides is 2. The van der Waals surface area contributed by atoms with Crippen LogP contribution in [0.3, 0.4) is 0 Å². The highest BCUT2D eigenvalue weighted by Gasteiger charge is 2.39. The van der Waals surface area contributed by atoms with Gasteiger partial charge in [0, 0.05) is 24.2 Å². The molecule has 0 saturated carbocycles. The average Bonchev–Trinajstić information content (AvgIpc) is 3.05. The molecule has 3 fully saturated rings. The maximum atomic E-state index is 12.7. The van der Waals surface area contributed by atoms with Gasteiger partial charge in [-0.25, -0.2) is 4.98 Å². The topological polar surface area (TPSA) is 87.5 Å². The highest BCUT2D eigenvalue weighted by atomic mass is 19.4. The first-order chi connectivity index (χ1) is 12.8. The molecule has 5 heterocycles. The second kappa shape index (κ2) is 6.52. The molecule has 2 aromatic heterocycles. The summed E-state index contributed by atoms with van der Waals surface area (Å²) in [5.41, 5.74) is -0.142. The van der Waals surface area contributed by atoms with E-state index in [-0.39, 0.29) is 28.4 Å². The van der Waals surface area contributed by atoms with Crippen molar-refractivity contribution < 1.29 is 27.2 Å². The van der Waals surface area contributed by atoms with Crippen molar-refractivity contribution in [3.63, 3.8) is 0 Å². The number of hydrogen-bond donors (Lipinski definition) is 2. The van der Waals surface area contributed by atoms with Gasteiger partial charge in [0.1, 0.15) is 6.26 Å². The third-order valence-electron chi connectivity index (χ3n) is 5.18. The largest absolute Gasteiger partial charge is 0.471 e. The van der Waals surface area contributed by atoms with Gasteiger partial charge in [0.15, 0.2) is 11.3 Å². The van der Waals surface area contributed by atoms with Gasteiger partial charge in [-0.3, -0.25) is 9.59 Å². The molecule has 27 heavy (non-hydrogen) atoms. The minimum Gasteiger partial charge on any atom is -0.460 e. The number of hydrogen-bond acceptors (Lipinski definition) is 5. The predicted octanol–water partition coefficient (Wildman–Crippen LogP) is 2.15. The lowest BCUT2D eigenvalue weighted by atomic mass is 9.84. The molecule has 2 aromatic rings. The van der Waals surface area contributed by atoms with Crippen molar-refractivity contribution in [2.24, 2.45) is 5.92 Å². The quantitative estimate of drug-likeness (QED) is 0.850. The van der Waals surface area contributed by atoms with Gasteiger partial charge in [-0.15, -0.1) is 0 Å². The van der Waals surface area contributed by atoms with Crippen LogP contribution < -0.4 is 10.6 Å². The van der Waals surface area contributed by atoms with Crippen LogP contribution in [0.25, 0.3) is 11.0 Å². The number of alkyl halides is 3. The lowest BCUT2D eigenvalue weighted by Gasteiger charge is -2.44. The van der Waals surface area contributed by atoms with Crippen LogP contribution in [0.4, 0.5) is 18.9 Å². The summed E-state index contributed by atoms with van der Waals surface area (Å²) in [7, 11) is 0. The smallest absolute Gasteiger partial charge is 0.460 e. The van der Waals surface area contributed by atoms with E-state index in [0.29, 0.717) is 5.92 Å². The van der Waals surface area contributed by atoms with Gasteiger partial charge in [0.2, 0.25) is 0 Å². The van der Waals surface area contributed by atoms with Crippen molar-refractivity contribution in [2.75, 3.05) is 25.0 Å². The molecule has 2 amide bonds. The lowest BCUT2D eigenvalue weighted by Crippen LogP contribution is -2.57. The molecule has 3 aliphatic rings. The molecule has 2 bridgehead atoms. The molecule has 0 unspecified atom stereocenters. The van der Waals surface area contributed by atoms with E-state index in [1.807, 2.05) is 0 Å². The van der Waals surface area contributed by atoms with Gasteiger partial charge < -0.3 is 20.0 Å². The number of piperidine rings is 3. The van der Waals surface area contributed by atoms with Crippen LogP contribution in [0, 0.1) is 5.92 Å². The Morgan fingerprint density at radius 2 is 2.00 bits per heavy atom. The van der Waals surface area contributed by atoms with Gasteiger partial charge in [0.25, 0.3) is 5.91 Å². The summed E-state index contributed by atoms with van der Waals surface area (Å²) in [5.74, 6) is -2.14. The van der Waals surface area contributed by atoms with Gasteiger partial charge in [0.05, 0.1) is 5.69 Å². The zero-order valence-corrected chi connectivity index (χ0v) is 14.2. The molecule has 0 spiro atoms. The third kappa shape index (κ3) is 3.36. The highest BCUT2D eigenvalue weighted by Crippen LogP contribution is 2.30. The van der Waals surface area contributed by atoms with Crippen molar-refractivity contribution in [2.45, 2.75) is 25.1 Å². The molecule has 1 atom stereocenters. The summed E-state index contributed by atoms with van der Waals surface area (Å²) in [6.07, 6.45) is -0.700. The van der Waals surface area contributed by atoms with E-state index < -0.39 is 18.0 Å². The van der Waals surface area contributed by atoms with E-state index in [1.165, 1.54) is 12.3 Å². The van der Waals surface area contributed by atoms with E-state index in [9.17, 15) is 22.8 Å². The molecule has 7 nitrogen and oxygen atoms in total. The standard InChI is InChI=1S/C17H17F3N4O3/c18-17(19,20)16(26)23-12-8-27-14-10(12)1-4-21-13(14)15(25)22-11-7-24-5-2-9(11)3-6-24/h1,4,8-9,11H,2-3,5-7H2,(H,22,25)(H,23,26)/t11-/m0/s1. The second-order valence-electron chi connectivity index (χ2n) is 6.86. The number of rotatable bonds is 3. The Kier molecular flexibility index (Phi) is 4.29. The number of fused-ring (bicyclic) bond motifs is 4. The van der Waals surface area contributed by atoms with Gasteiger partial charge in [-0.05, 0) is 37.9 Å². The molecule has 0 aliphatic carbocycles. The van der Waals surface area contributed by atoms with E-state index in [2.05, 4.69) is 15.2 Å². The zero-order valence-electron chi connectivity index (χ0n) is 14.2.